The summed E-state index contributed by atoms with van der Waals surface area (Å²) in [5, 5.41) is 20.4. The van der Waals surface area contributed by atoms with Crippen LogP contribution in [0.25, 0.3) is 11.3 Å². The van der Waals surface area contributed by atoms with E-state index in [4.69, 9.17) is 0 Å². The normalized spacial score (nSPS) is 11.8. The minimum Gasteiger partial charge on any atom is -0.280 e. The third kappa shape index (κ3) is 3.29. The third-order valence-corrected chi connectivity index (χ3v) is 3.81. The molecule has 3 aromatic rings. The van der Waals surface area contributed by atoms with Crippen molar-refractivity contribution in [2.45, 2.75) is 46.2 Å². The van der Waals surface area contributed by atoms with Gasteiger partial charge in [-0.05, 0) is 13.0 Å². The van der Waals surface area contributed by atoms with Crippen LogP contribution in [0.2, 0.25) is 0 Å². The molecule has 24 heavy (non-hydrogen) atoms. The minimum absolute atomic E-state index is 0.0269. The lowest BCUT2D eigenvalue weighted by atomic mass is 9.92. The van der Waals surface area contributed by atoms with Crippen LogP contribution in [0, 0.1) is 6.92 Å². The molecule has 0 aromatic carbocycles. The molecule has 3 rings (SSSR count). The first kappa shape index (κ1) is 16.2. The van der Waals surface area contributed by atoms with Crippen LogP contribution in [0.1, 0.15) is 37.9 Å². The van der Waals surface area contributed by atoms with Gasteiger partial charge in [0.05, 0.1) is 36.4 Å². The Morgan fingerprint density at radius 3 is 2.71 bits per heavy atom. The lowest BCUT2D eigenvalue weighted by Crippen LogP contribution is -2.11. The molecule has 0 aliphatic carbocycles. The van der Waals surface area contributed by atoms with Crippen LogP contribution in [0.5, 0.6) is 0 Å². The molecule has 0 radical (unpaired) electrons. The Morgan fingerprint density at radius 1 is 1.25 bits per heavy atom. The molecule has 0 fully saturated rings. The van der Waals surface area contributed by atoms with Gasteiger partial charge in [-0.3, -0.25) is 9.78 Å². The lowest BCUT2D eigenvalue weighted by Gasteiger charge is -2.13. The molecule has 1 N–H and O–H groups in total. The number of rotatable bonds is 5. The van der Waals surface area contributed by atoms with Crippen LogP contribution in [0.15, 0.2) is 31.1 Å². The van der Waals surface area contributed by atoms with Gasteiger partial charge in [-0.15, -0.1) is 11.7 Å². The number of nitrogens with one attached hydrogen (secondary N) is 1. The van der Waals surface area contributed by atoms with E-state index in [1.54, 1.807) is 4.68 Å². The Labute approximate surface area is 141 Å². The first-order chi connectivity index (χ1) is 11.4. The molecule has 7 nitrogen and oxygen atoms in total. The molecule has 3 aromatic heterocycles. The molecule has 0 unspecified atom stereocenters. The topological polar surface area (TPSA) is 77.2 Å². The maximum Gasteiger partial charge on any atom is 0.116 e. The van der Waals surface area contributed by atoms with E-state index in [-0.39, 0.29) is 5.41 Å². The van der Waals surface area contributed by atoms with E-state index in [9.17, 15) is 0 Å². The summed E-state index contributed by atoms with van der Waals surface area (Å²) in [6.07, 6.45) is 5.72. The molecule has 0 atom stereocenters. The van der Waals surface area contributed by atoms with E-state index in [1.807, 2.05) is 30.1 Å². The fourth-order valence-electron chi connectivity index (χ4n) is 2.50. The smallest absolute Gasteiger partial charge is 0.116 e. The molecule has 7 heteroatoms. The van der Waals surface area contributed by atoms with Crippen molar-refractivity contribution in [1.29, 1.82) is 0 Å². The highest BCUT2D eigenvalue weighted by atomic mass is 15.4. The average molecular weight is 325 g/mol. The summed E-state index contributed by atoms with van der Waals surface area (Å²) in [6, 6.07) is 2.08. The van der Waals surface area contributed by atoms with Crippen molar-refractivity contribution in [2.75, 3.05) is 0 Å². The van der Waals surface area contributed by atoms with Gasteiger partial charge in [-0.2, -0.15) is 10.2 Å². The first-order valence-electron chi connectivity index (χ1n) is 7.97. The zero-order valence-corrected chi connectivity index (χ0v) is 14.6. The van der Waals surface area contributed by atoms with E-state index < -0.39 is 0 Å². The Kier molecular flexibility index (Phi) is 4.09. The molecule has 0 bridgehead atoms. The maximum atomic E-state index is 4.45. The van der Waals surface area contributed by atoms with E-state index in [0.29, 0.717) is 13.1 Å². The highest BCUT2D eigenvalue weighted by Gasteiger charge is 2.18. The molecular weight excluding hydrogens is 302 g/mol. The molecule has 126 valence electrons. The van der Waals surface area contributed by atoms with Crippen LogP contribution in [0.3, 0.4) is 0 Å². The van der Waals surface area contributed by atoms with Gasteiger partial charge in [0, 0.05) is 17.2 Å². The molecule has 0 aliphatic heterocycles. The second kappa shape index (κ2) is 6.07. The molecule has 0 amide bonds. The number of aryl methyl sites for hydroxylation is 1. The lowest BCUT2D eigenvalue weighted by molar-refractivity contribution is 0.567. The number of hydrogen-bond donors (Lipinski definition) is 1. The number of hydrogen-bond acceptors (Lipinski definition) is 4. The van der Waals surface area contributed by atoms with Gasteiger partial charge in [-0.25, -0.2) is 4.68 Å². The Balaban J connectivity index is 1.78. The van der Waals surface area contributed by atoms with Crippen molar-refractivity contribution in [3.63, 3.8) is 0 Å². The standard InChI is InChI=1S/C17H23N7/c1-6-7-23-10-14(12(2)21-23)15-11-24(22-19-15)9-13-8-16(20-18-13)17(3,4)5/h6,8,10-11H,1,7,9H2,2-5H3,(H,18,20). The summed E-state index contributed by atoms with van der Waals surface area (Å²) in [5.74, 6) is 0. The fourth-order valence-corrected chi connectivity index (χ4v) is 2.50. The Morgan fingerprint density at radius 2 is 2.04 bits per heavy atom. The van der Waals surface area contributed by atoms with Gasteiger partial charge in [0.2, 0.25) is 0 Å². The Bertz CT molecular complexity index is 845. The molecule has 0 saturated carbocycles. The number of aromatic nitrogens is 7. The first-order valence-corrected chi connectivity index (χ1v) is 7.97. The van der Waals surface area contributed by atoms with Crippen molar-refractivity contribution in [3.8, 4) is 11.3 Å². The monoisotopic (exact) mass is 325 g/mol. The van der Waals surface area contributed by atoms with Crippen molar-refractivity contribution in [2.24, 2.45) is 0 Å². The summed E-state index contributed by atoms with van der Waals surface area (Å²) in [5.41, 5.74) is 4.82. The average Bonchev–Trinajstić information content (AvgIpc) is 3.19. The number of nitrogens with zero attached hydrogens (tertiary/aromatic N) is 6. The predicted octanol–water partition coefficient (Wildman–Crippen LogP) is 2.70. The van der Waals surface area contributed by atoms with Gasteiger partial charge < -0.3 is 0 Å². The van der Waals surface area contributed by atoms with E-state index in [1.165, 1.54) is 0 Å². The van der Waals surface area contributed by atoms with E-state index in [2.05, 4.69) is 59.0 Å². The summed E-state index contributed by atoms with van der Waals surface area (Å²) in [6.45, 7) is 13.4. The quantitative estimate of drug-likeness (QED) is 0.732. The summed E-state index contributed by atoms with van der Waals surface area (Å²) < 4.78 is 3.65. The fraction of sp³-hybridized carbons (Fsp3) is 0.412. The second-order valence-corrected chi connectivity index (χ2v) is 6.97. The molecule has 0 spiro atoms. The van der Waals surface area contributed by atoms with Crippen LogP contribution >= 0.6 is 0 Å². The zero-order chi connectivity index (χ0) is 17.3. The highest BCUT2D eigenvalue weighted by Crippen LogP contribution is 2.22. The summed E-state index contributed by atoms with van der Waals surface area (Å²) in [4.78, 5) is 0. The van der Waals surface area contributed by atoms with E-state index >= 15 is 0 Å². The summed E-state index contributed by atoms with van der Waals surface area (Å²) >= 11 is 0. The largest absolute Gasteiger partial charge is 0.280 e. The van der Waals surface area contributed by atoms with Crippen molar-refractivity contribution >= 4 is 0 Å². The maximum absolute atomic E-state index is 4.45. The van der Waals surface area contributed by atoms with Gasteiger partial charge >= 0.3 is 0 Å². The van der Waals surface area contributed by atoms with Gasteiger partial charge in [0.15, 0.2) is 0 Å². The van der Waals surface area contributed by atoms with Crippen molar-refractivity contribution < 1.29 is 0 Å². The second-order valence-electron chi connectivity index (χ2n) is 6.97. The molecule has 3 heterocycles. The molecule has 0 saturated heterocycles. The predicted molar refractivity (Wildman–Crippen MR) is 92.6 cm³/mol. The van der Waals surface area contributed by atoms with Crippen LogP contribution in [-0.2, 0) is 18.5 Å². The minimum atomic E-state index is 0.0269. The van der Waals surface area contributed by atoms with Crippen molar-refractivity contribution in [3.05, 3.63) is 48.2 Å². The van der Waals surface area contributed by atoms with Crippen LogP contribution < -0.4 is 0 Å². The van der Waals surface area contributed by atoms with Gasteiger partial charge in [-0.1, -0.05) is 32.1 Å². The number of H-pyrrole nitrogens is 1. The molecular formula is C17H23N7. The van der Waals surface area contributed by atoms with Crippen molar-refractivity contribution in [1.82, 2.24) is 35.0 Å². The third-order valence-electron chi connectivity index (χ3n) is 3.81. The highest BCUT2D eigenvalue weighted by molar-refractivity contribution is 5.59. The van der Waals surface area contributed by atoms with Gasteiger partial charge in [0.25, 0.3) is 0 Å². The SMILES string of the molecule is C=CCn1cc(-c2cn(Cc3cc(C(C)(C)C)n[nH]3)nn2)c(C)n1. The van der Waals surface area contributed by atoms with E-state index in [0.717, 1.165) is 28.3 Å². The van der Waals surface area contributed by atoms with Crippen LogP contribution in [-0.4, -0.2) is 35.0 Å². The zero-order valence-electron chi connectivity index (χ0n) is 14.6. The summed E-state index contributed by atoms with van der Waals surface area (Å²) in [7, 11) is 0. The number of aromatic amines is 1. The number of allylic oxidation sites excluding steroid dienone is 1. The van der Waals surface area contributed by atoms with Crippen LogP contribution in [0.4, 0.5) is 0 Å². The molecule has 0 aliphatic rings. The van der Waals surface area contributed by atoms with Gasteiger partial charge in [0.1, 0.15) is 5.69 Å². The Hall–Kier alpha value is -2.70.